The molecular formula is C25H19ClF2N6O3. The molecule has 1 fully saturated rings. The minimum Gasteiger partial charge on any atom is -0.436 e. The van der Waals surface area contributed by atoms with E-state index in [-0.39, 0.29) is 39.7 Å². The molecule has 37 heavy (non-hydrogen) atoms. The number of nitrogens with two attached hydrogens (primary N) is 1. The lowest BCUT2D eigenvalue weighted by molar-refractivity contribution is -0.0418. The van der Waals surface area contributed by atoms with E-state index in [0.717, 1.165) is 0 Å². The van der Waals surface area contributed by atoms with Gasteiger partial charge < -0.3 is 15.4 Å². The van der Waals surface area contributed by atoms with Crippen LogP contribution in [0.3, 0.4) is 0 Å². The molecule has 3 N–H and O–H groups in total. The lowest BCUT2D eigenvalue weighted by atomic mass is 9.83. The number of carbonyl (C=O) groups is 2. The molecule has 2 aliphatic heterocycles. The second-order valence-corrected chi connectivity index (χ2v) is 9.35. The Hall–Kier alpha value is -4.25. The second kappa shape index (κ2) is 8.41. The summed E-state index contributed by atoms with van der Waals surface area (Å²) in [6.45, 7) is 0.231. The van der Waals surface area contributed by atoms with Gasteiger partial charge in [0.1, 0.15) is 22.7 Å². The lowest BCUT2D eigenvalue weighted by Crippen LogP contribution is -2.53. The Morgan fingerprint density at radius 2 is 2.05 bits per heavy atom. The van der Waals surface area contributed by atoms with Crippen LogP contribution in [-0.4, -0.2) is 44.8 Å². The predicted octanol–water partition coefficient (Wildman–Crippen LogP) is 4.63. The number of para-hydroxylation sites is 1. The first-order valence-corrected chi connectivity index (χ1v) is 11.8. The van der Waals surface area contributed by atoms with Gasteiger partial charge in [0, 0.05) is 18.1 Å². The summed E-state index contributed by atoms with van der Waals surface area (Å²) >= 11 is 6.03. The number of likely N-dealkylation sites (tertiary alicyclic amines) is 1. The largest absolute Gasteiger partial charge is 0.436 e. The monoisotopic (exact) mass is 524 g/mol. The zero-order valence-electron chi connectivity index (χ0n) is 19.2. The minimum absolute atomic E-state index is 0.0401. The summed E-state index contributed by atoms with van der Waals surface area (Å²) in [6.07, 6.45) is 2.75. The maximum atomic E-state index is 15.2. The third kappa shape index (κ3) is 3.57. The van der Waals surface area contributed by atoms with Crippen LogP contribution in [0.5, 0.6) is 0 Å². The van der Waals surface area contributed by atoms with Crippen molar-refractivity contribution in [3.05, 3.63) is 76.6 Å². The number of hydrogen-bond acceptors (Lipinski definition) is 6. The molecule has 2 amide bonds. The molecule has 188 valence electrons. The van der Waals surface area contributed by atoms with E-state index in [2.05, 4.69) is 15.4 Å². The van der Waals surface area contributed by atoms with E-state index < -0.39 is 29.2 Å². The molecule has 6 rings (SSSR count). The van der Waals surface area contributed by atoms with Gasteiger partial charge in [-0.05, 0) is 37.1 Å². The quantitative estimate of drug-likeness (QED) is 0.395. The molecule has 0 aliphatic carbocycles. The summed E-state index contributed by atoms with van der Waals surface area (Å²) in [5.41, 5.74) is 5.99. The van der Waals surface area contributed by atoms with Crippen LogP contribution in [0.15, 0.2) is 48.8 Å². The standard InChI is InChI=1S/C25H19ClF2N6O3/c26-15-5-6-17-19(20(15)28)25(37-24(36)32-17)8-2-10-33(12-25)23(35)14-11-31-34(22(14)29)18-7-9-30-21-13(18)3-1-4-16(21)27/h1,3-7,9,11H,2,8,10,12,29H2,(H,32,36)/t25-/m0/s1. The van der Waals surface area contributed by atoms with Gasteiger partial charge in [-0.15, -0.1) is 0 Å². The fourth-order valence-corrected chi connectivity index (χ4v) is 5.30. The molecule has 12 heteroatoms. The number of anilines is 2. The molecule has 0 bridgehead atoms. The summed E-state index contributed by atoms with van der Waals surface area (Å²) in [5, 5.41) is 7.13. The van der Waals surface area contributed by atoms with E-state index in [1.54, 1.807) is 18.2 Å². The summed E-state index contributed by atoms with van der Waals surface area (Å²) in [4.78, 5) is 31.5. The first-order valence-electron chi connectivity index (χ1n) is 11.4. The molecule has 1 atom stereocenters. The number of rotatable bonds is 2. The first-order chi connectivity index (χ1) is 17.8. The van der Waals surface area contributed by atoms with Crippen molar-refractivity contribution in [3.8, 4) is 5.69 Å². The average Bonchev–Trinajstić information content (AvgIpc) is 3.26. The normalized spacial score (nSPS) is 19.0. The minimum atomic E-state index is -1.41. The van der Waals surface area contributed by atoms with Gasteiger partial charge >= 0.3 is 6.09 Å². The Balaban J connectivity index is 1.37. The van der Waals surface area contributed by atoms with Crippen molar-refractivity contribution in [1.29, 1.82) is 0 Å². The van der Waals surface area contributed by atoms with Crippen LogP contribution in [0.25, 0.3) is 16.6 Å². The summed E-state index contributed by atoms with van der Waals surface area (Å²) in [6, 6.07) is 9.01. The van der Waals surface area contributed by atoms with Crippen LogP contribution < -0.4 is 11.1 Å². The van der Waals surface area contributed by atoms with Gasteiger partial charge in [-0.2, -0.15) is 5.10 Å². The van der Waals surface area contributed by atoms with E-state index in [1.165, 1.54) is 40.2 Å². The van der Waals surface area contributed by atoms with E-state index in [4.69, 9.17) is 22.1 Å². The highest BCUT2D eigenvalue weighted by molar-refractivity contribution is 6.31. The van der Waals surface area contributed by atoms with Crippen molar-refractivity contribution < 1.29 is 23.1 Å². The molecule has 9 nitrogen and oxygen atoms in total. The number of halogens is 3. The number of nitrogens with one attached hydrogen (secondary N) is 1. The number of aromatic nitrogens is 3. The zero-order valence-corrected chi connectivity index (χ0v) is 19.9. The number of benzene rings is 2. The van der Waals surface area contributed by atoms with Crippen molar-refractivity contribution in [3.63, 3.8) is 0 Å². The van der Waals surface area contributed by atoms with Crippen LogP contribution in [0, 0.1) is 11.6 Å². The van der Waals surface area contributed by atoms with Crippen LogP contribution in [-0.2, 0) is 10.3 Å². The summed E-state index contributed by atoms with van der Waals surface area (Å²) < 4.78 is 36.4. The fourth-order valence-electron chi connectivity index (χ4n) is 5.14. The lowest BCUT2D eigenvalue weighted by Gasteiger charge is -2.45. The molecule has 0 unspecified atom stereocenters. The second-order valence-electron chi connectivity index (χ2n) is 8.94. The van der Waals surface area contributed by atoms with Gasteiger partial charge in [-0.3, -0.25) is 15.1 Å². The Morgan fingerprint density at radius 3 is 2.89 bits per heavy atom. The zero-order chi connectivity index (χ0) is 25.9. The van der Waals surface area contributed by atoms with E-state index in [9.17, 15) is 14.0 Å². The number of hydrogen-bond donors (Lipinski definition) is 2. The van der Waals surface area contributed by atoms with Crippen LogP contribution in [0.4, 0.5) is 25.1 Å². The summed E-state index contributed by atoms with van der Waals surface area (Å²) in [7, 11) is 0. The van der Waals surface area contributed by atoms with Gasteiger partial charge in [0.05, 0.1) is 34.7 Å². The van der Waals surface area contributed by atoms with Gasteiger partial charge in [0.15, 0.2) is 11.4 Å². The predicted molar refractivity (Wildman–Crippen MR) is 132 cm³/mol. The topological polar surface area (TPSA) is 115 Å². The molecule has 2 aliphatic rings. The number of amides is 2. The van der Waals surface area contributed by atoms with Gasteiger partial charge in [-0.25, -0.2) is 18.3 Å². The molecular weight excluding hydrogens is 506 g/mol. The number of piperidine rings is 1. The van der Waals surface area contributed by atoms with Gasteiger partial charge in [0.25, 0.3) is 5.91 Å². The number of nitrogen functional groups attached to an aromatic ring is 1. The highest BCUT2D eigenvalue weighted by Crippen LogP contribution is 2.45. The van der Waals surface area contributed by atoms with Crippen LogP contribution in [0.1, 0.15) is 28.8 Å². The van der Waals surface area contributed by atoms with E-state index in [1.807, 2.05) is 0 Å². The van der Waals surface area contributed by atoms with Crippen molar-refractivity contribution in [2.45, 2.75) is 18.4 Å². The summed E-state index contributed by atoms with van der Waals surface area (Å²) in [5.74, 6) is -1.63. The molecule has 1 saturated heterocycles. The van der Waals surface area contributed by atoms with Crippen molar-refractivity contribution in [2.24, 2.45) is 0 Å². The number of carbonyl (C=O) groups excluding carboxylic acids is 2. The average molecular weight is 525 g/mol. The maximum Gasteiger partial charge on any atom is 0.412 e. The number of ether oxygens (including phenoxy) is 1. The van der Waals surface area contributed by atoms with Crippen molar-refractivity contribution in [1.82, 2.24) is 19.7 Å². The number of nitrogens with zero attached hydrogens (tertiary/aromatic N) is 4. The Morgan fingerprint density at radius 1 is 1.22 bits per heavy atom. The first kappa shape index (κ1) is 23.2. The smallest absolute Gasteiger partial charge is 0.412 e. The molecule has 1 spiro atoms. The highest BCUT2D eigenvalue weighted by atomic mass is 35.5. The Labute approximate surface area is 213 Å². The molecule has 2 aromatic heterocycles. The van der Waals surface area contributed by atoms with Crippen LogP contribution in [0.2, 0.25) is 5.02 Å². The molecule has 0 radical (unpaired) electrons. The third-order valence-electron chi connectivity index (χ3n) is 6.78. The SMILES string of the molecule is Nc1c(C(=O)N2CCC[C@@]3(C2)OC(=O)Nc2ccc(Cl)c(F)c23)cnn1-c1ccnc2c(F)cccc12. The fraction of sp³-hybridized carbons (Fsp3) is 0.200. The third-order valence-corrected chi connectivity index (χ3v) is 7.07. The maximum absolute atomic E-state index is 15.2. The van der Waals surface area contributed by atoms with E-state index >= 15 is 4.39 Å². The molecule has 4 aromatic rings. The highest BCUT2D eigenvalue weighted by Gasteiger charge is 2.48. The molecule has 0 saturated carbocycles. The Kier molecular flexibility index (Phi) is 5.27. The number of pyridine rings is 1. The van der Waals surface area contributed by atoms with Crippen LogP contribution >= 0.6 is 11.6 Å². The Bertz CT molecular complexity index is 1610. The molecule has 4 heterocycles. The van der Waals surface area contributed by atoms with Crippen molar-refractivity contribution >= 4 is 46.0 Å². The molecule has 2 aromatic carbocycles. The van der Waals surface area contributed by atoms with Gasteiger partial charge in [-0.1, -0.05) is 23.7 Å². The van der Waals surface area contributed by atoms with Gasteiger partial charge in [0.2, 0.25) is 0 Å². The van der Waals surface area contributed by atoms with Crippen molar-refractivity contribution in [2.75, 3.05) is 24.1 Å². The number of fused-ring (bicyclic) bond motifs is 3. The van der Waals surface area contributed by atoms with E-state index in [0.29, 0.717) is 30.5 Å².